The van der Waals surface area contributed by atoms with Crippen molar-refractivity contribution in [2.75, 3.05) is 4.90 Å². The van der Waals surface area contributed by atoms with Gasteiger partial charge in [0.2, 0.25) is 0 Å². The number of aromatic nitrogens is 1. The molecule has 1 unspecified atom stereocenters. The Bertz CT molecular complexity index is 4270. The van der Waals surface area contributed by atoms with Crippen molar-refractivity contribution in [1.29, 1.82) is 0 Å². The lowest BCUT2D eigenvalue weighted by Crippen LogP contribution is -2.33. The van der Waals surface area contributed by atoms with Crippen LogP contribution in [0.25, 0.3) is 93.9 Å². The van der Waals surface area contributed by atoms with Gasteiger partial charge in [0.25, 0.3) is 0 Å². The predicted molar refractivity (Wildman–Crippen MR) is 290 cm³/mol. The molecule has 0 radical (unpaired) electrons. The Balaban J connectivity index is 1.00. The van der Waals surface area contributed by atoms with Crippen LogP contribution in [-0.4, -0.2) is 4.57 Å². The molecule has 0 amide bonds. The number of nitrogens with zero attached hydrogens (tertiary/aromatic N) is 2. The summed E-state index contributed by atoms with van der Waals surface area (Å²) in [7, 11) is 0. The highest BCUT2D eigenvalue weighted by atomic mass is 16.3. The van der Waals surface area contributed by atoms with Crippen LogP contribution in [0.2, 0.25) is 0 Å². The first-order chi connectivity index (χ1) is 34.7. The largest absolute Gasteiger partial charge is 0.455 e. The van der Waals surface area contributed by atoms with E-state index in [1.165, 1.54) is 72.0 Å². The van der Waals surface area contributed by atoms with E-state index in [9.17, 15) is 0 Å². The smallest absolute Gasteiger partial charge is 0.143 e. The quantitative estimate of drug-likeness (QED) is 0.166. The minimum absolute atomic E-state index is 0.601. The molecule has 1 atom stereocenters. The van der Waals surface area contributed by atoms with E-state index in [1.807, 2.05) is 6.07 Å². The second-order valence-electron chi connectivity index (χ2n) is 18.7. The van der Waals surface area contributed by atoms with Crippen LogP contribution in [0.4, 0.5) is 17.1 Å². The van der Waals surface area contributed by atoms with E-state index in [0.717, 1.165) is 61.3 Å². The van der Waals surface area contributed by atoms with Crippen LogP contribution in [0, 0.1) is 0 Å². The zero-order valence-corrected chi connectivity index (χ0v) is 38.1. The molecule has 3 heteroatoms. The summed E-state index contributed by atoms with van der Waals surface area (Å²) in [6.45, 7) is 0. The van der Waals surface area contributed by atoms with Gasteiger partial charge in [-0.15, -0.1) is 0 Å². The Morgan fingerprint density at radius 3 is 1.86 bits per heavy atom. The van der Waals surface area contributed by atoms with Gasteiger partial charge in [0.05, 0.1) is 27.8 Å². The predicted octanol–water partition coefficient (Wildman–Crippen LogP) is 17.8. The molecule has 3 heterocycles. The molecule has 13 aromatic rings. The van der Waals surface area contributed by atoms with Crippen LogP contribution < -0.4 is 4.90 Å². The molecule has 0 saturated carbocycles. The van der Waals surface area contributed by atoms with E-state index in [4.69, 9.17) is 4.42 Å². The number of furan rings is 1. The summed E-state index contributed by atoms with van der Waals surface area (Å²) in [4.78, 5) is 2.48. The minimum Gasteiger partial charge on any atom is -0.455 e. The highest BCUT2D eigenvalue weighted by Crippen LogP contribution is 2.62. The highest BCUT2D eigenvalue weighted by Gasteiger charge is 2.51. The second-order valence-corrected chi connectivity index (χ2v) is 18.7. The molecule has 0 fully saturated rings. The maximum Gasteiger partial charge on any atom is 0.143 e. The van der Waals surface area contributed by atoms with Crippen molar-refractivity contribution in [3.8, 4) is 50.2 Å². The standard InChI is InChI=1S/C67H42N2O/c1-2-18-43(19-3-1)44-20-14-21-45(40-44)49-24-5-10-34-61(49)68(47-23-15-22-46(41-47)50-28-16-30-56-54-27-7-13-37-64(54)70-66(50)56)48-38-39-52-51-25-4-8-31-57(51)67(60(52)42-48)58-32-9-12-36-63(58)69-62-35-11-6-26-53(62)55-29-17-33-59(67)65(55)69/h1-42H. The average Bonchev–Trinajstić information content (AvgIpc) is 4.08. The van der Waals surface area contributed by atoms with Crippen molar-refractivity contribution in [3.05, 3.63) is 277 Å². The van der Waals surface area contributed by atoms with E-state index in [2.05, 4.69) is 258 Å². The summed E-state index contributed by atoms with van der Waals surface area (Å²) in [6.07, 6.45) is 0. The maximum atomic E-state index is 6.66. The third kappa shape index (κ3) is 5.40. The third-order valence-electron chi connectivity index (χ3n) is 15.2. The maximum absolute atomic E-state index is 6.66. The first kappa shape index (κ1) is 38.9. The van der Waals surface area contributed by atoms with Gasteiger partial charge >= 0.3 is 0 Å². The Hall–Kier alpha value is -9.18. The zero-order valence-electron chi connectivity index (χ0n) is 38.1. The Labute approximate surface area is 405 Å². The number of hydrogen-bond acceptors (Lipinski definition) is 2. The molecular weight excluding hydrogens is 849 g/mol. The van der Waals surface area contributed by atoms with Crippen LogP contribution in [0.3, 0.4) is 0 Å². The topological polar surface area (TPSA) is 21.3 Å². The van der Waals surface area contributed by atoms with Crippen molar-refractivity contribution in [1.82, 2.24) is 4.57 Å². The lowest BCUT2D eigenvalue weighted by molar-refractivity contribution is 0.670. The fourth-order valence-corrected chi connectivity index (χ4v) is 12.3. The highest BCUT2D eigenvalue weighted by molar-refractivity contribution is 6.13. The van der Waals surface area contributed by atoms with E-state index in [0.29, 0.717) is 0 Å². The van der Waals surface area contributed by atoms with Crippen molar-refractivity contribution >= 4 is 60.8 Å². The fraction of sp³-hybridized carbons (Fsp3) is 0.0149. The molecule has 1 spiro atoms. The van der Waals surface area contributed by atoms with Gasteiger partial charge in [0, 0.05) is 44.0 Å². The van der Waals surface area contributed by atoms with Gasteiger partial charge in [-0.2, -0.15) is 0 Å². The molecule has 0 bridgehead atoms. The number of para-hydroxylation sites is 6. The van der Waals surface area contributed by atoms with Gasteiger partial charge in [-0.1, -0.05) is 200 Å². The molecule has 15 rings (SSSR count). The summed E-state index contributed by atoms with van der Waals surface area (Å²) in [5, 5.41) is 4.78. The van der Waals surface area contributed by atoms with Crippen LogP contribution in [0.5, 0.6) is 0 Å². The van der Waals surface area contributed by atoms with Crippen LogP contribution in [-0.2, 0) is 5.41 Å². The van der Waals surface area contributed by atoms with Crippen LogP contribution in [0.15, 0.2) is 259 Å². The number of anilines is 3. The van der Waals surface area contributed by atoms with Gasteiger partial charge in [-0.3, -0.25) is 0 Å². The molecule has 0 N–H and O–H groups in total. The summed E-state index contributed by atoms with van der Waals surface area (Å²) < 4.78 is 9.18. The molecule has 2 aromatic heterocycles. The fourth-order valence-electron chi connectivity index (χ4n) is 12.3. The van der Waals surface area contributed by atoms with Crippen molar-refractivity contribution in [2.45, 2.75) is 5.41 Å². The zero-order chi connectivity index (χ0) is 45.9. The van der Waals surface area contributed by atoms with Crippen molar-refractivity contribution in [3.63, 3.8) is 0 Å². The minimum atomic E-state index is -0.601. The number of fused-ring (bicyclic) bond motifs is 15. The monoisotopic (exact) mass is 890 g/mol. The molecule has 3 nitrogen and oxygen atoms in total. The van der Waals surface area contributed by atoms with Gasteiger partial charge in [0.1, 0.15) is 11.2 Å². The average molecular weight is 891 g/mol. The van der Waals surface area contributed by atoms with Crippen molar-refractivity contribution in [2.24, 2.45) is 0 Å². The molecule has 2 aliphatic rings. The molecule has 70 heavy (non-hydrogen) atoms. The summed E-state index contributed by atoms with van der Waals surface area (Å²) in [6, 6.07) is 93.7. The Kier molecular flexibility index (Phi) is 8.28. The Morgan fingerprint density at radius 2 is 0.943 bits per heavy atom. The molecule has 1 aliphatic carbocycles. The number of benzene rings is 11. The third-order valence-corrected chi connectivity index (χ3v) is 15.2. The number of rotatable bonds is 6. The van der Waals surface area contributed by atoms with E-state index < -0.39 is 5.41 Å². The van der Waals surface area contributed by atoms with Gasteiger partial charge in [0.15, 0.2) is 0 Å². The van der Waals surface area contributed by atoms with E-state index >= 15 is 0 Å². The van der Waals surface area contributed by atoms with E-state index in [-0.39, 0.29) is 0 Å². The lowest BCUT2D eigenvalue weighted by Gasteiger charge is -2.40. The Morgan fingerprint density at radius 1 is 0.343 bits per heavy atom. The number of hydrogen-bond donors (Lipinski definition) is 0. The SMILES string of the molecule is c1ccc(-c2cccc(-c3ccccc3N(c3cccc(-c4cccc5c4oc4ccccc45)c3)c3ccc4c(c3)C3(c5ccccc5-4)c4ccccc4-n4c5ccccc5c5cccc3c54)c2)cc1. The summed E-state index contributed by atoms with van der Waals surface area (Å²) in [5.74, 6) is 0. The lowest BCUT2D eigenvalue weighted by atomic mass is 9.65. The van der Waals surface area contributed by atoms with Gasteiger partial charge < -0.3 is 13.9 Å². The molecular formula is C67H42N2O. The first-order valence-electron chi connectivity index (χ1n) is 24.2. The van der Waals surface area contributed by atoms with Crippen LogP contribution in [0.1, 0.15) is 22.3 Å². The van der Waals surface area contributed by atoms with Crippen molar-refractivity contribution < 1.29 is 4.42 Å². The van der Waals surface area contributed by atoms with Gasteiger partial charge in [-0.25, -0.2) is 0 Å². The van der Waals surface area contributed by atoms with Crippen LogP contribution >= 0.6 is 0 Å². The van der Waals surface area contributed by atoms with Gasteiger partial charge in [-0.05, 0) is 110 Å². The summed E-state index contributed by atoms with van der Waals surface area (Å²) >= 11 is 0. The molecule has 11 aromatic carbocycles. The first-order valence-corrected chi connectivity index (χ1v) is 24.2. The summed E-state index contributed by atoms with van der Waals surface area (Å²) in [5.41, 5.74) is 22.6. The normalized spacial score (nSPS) is 14.3. The molecule has 326 valence electrons. The molecule has 0 saturated heterocycles. The second kappa shape index (κ2) is 14.9. The molecule has 1 aliphatic heterocycles. The van der Waals surface area contributed by atoms with E-state index in [1.54, 1.807) is 0 Å².